The van der Waals surface area contributed by atoms with E-state index in [0.29, 0.717) is 5.69 Å². The monoisotopic (exact) mass is 335 g/mol. The van der Waals surface area contributed by atoms with E-state index in [1.165, 1.54) is 6.07 Å². The Morgan fingerprint density at radius 2 is 1.85 bits per heavy atom. The van der Waals surface area contributed by atoms with Gasteiger partial charge in [0.05, 0.1) is 4.92 Å². The molecule has 0 unspecified atom stereocenters. The third-order valence-corrected chi connectivity index (χ3v) is 4.22. The molecule has 0 fully saturated rings. The van der Waals surface area contributed by atoms with E-state index in [-0.39, 0.29) is 11.4 Å². The molecule has 0 radical (unpaired) electrons. The fraction of sp³-hybridized carbons (Fsp3) is 0.143. The van der Waals surface area contributed by atoms with Crippen molar-refractivity contribution in [2.24, 2.45) is 0 Å². The van der Waals surface area contributed by atoms with E-state index in [0.717, 1.165) is 21.3 Å². The van der Waals surface area contributed by atoms with Crippen molar-refractivity contribution in [3.63, 3.8) is 0 Å². The van der Waals surface area contributed by atoms with Crippen LogP contribution in [0.4, 0.5) is 22.7 Å². The first-order valence-electron chi connectivity index (χ1n) is 5.97. The minimum absolute atomic E-state index is 0.106. The van der Waals surface area contributed by atoms with Gasteiger partial charge in [-0.1, -0.05) is 22.0 Å². The number of nitrogens with zero attached hydrogens (tertiary/aromatic N) is 1. The molecular weight excluding hydrogens is 322 g/mol. The highest BCUT2D eigenvalue weighted by Gasteiger charge is 2.18. The molecule has 5 nitrogen and oxygen atoms in total. The van der Waals surface area contributed by atoms with Crippen LogP contribution in [0.5, 0.6) is 0 Å². The van der Waals surface area contributed by atoms with Crippen LogP contribution in [-0.4, -0.2) is 4.92 Å². The molecule has 3 N–H and O–H groups in total. The van der Waals surface area contributed by atoms with Gasteiger partial charge < -0.3 is 11.1 Å². The summed E-state index contributed by atoms with van der Waals surface area (Å²) in [6, 6.07) is 8.68. The van der Waals surface area contributed by atoms with Crippen molar-refractivity contribution < 1.29 is 4.92 Å². The van der Waals surface area contributed by atoms with Crippen LogP contribution in [-0.2, 0) is 0 Å². The number of anilines is 3. The second-order valence-electron chi connectivity index (χ2n) is 4.55. The summed E-state index contributed by atoms with van der Waals surface area (Å²) in [7, 11) is 0. The van der Waals surface area contributed by atoms with Gasteiger partial charge in [-0.05, 0) is 49.2 Å². The maximum atomic E-state index is 11.1. The lowest BCUT2D eigenvalue weighted by molar-refractivity contribution is -0.383. The molecule has 0 atom stereocenters. The van der Waals surface area contributed by atoms with Crippen molar-refractivity contribution in [2.75, 3.05) is 11.1 Å². The van der Waals surface area contributed by atoms with E-state index < -0.39 is 4.92 Å². The SMILES string of the molecule is Cc1cc(Nc2cccc(N)c2[N+](=O)[O-])cc(C)c1Br. The Balaban J connectivity index is 2.45. The number of hydrogen-bond acceptors (Lipinski definition) is 4. The summed E-state index contributed by atoms with van der Waals surface area (Å²) in [6.45, 7) is 3.94. The Morgan fingerprint density at radius 1 is 1.25 bits per heavy atom. The number of halogens is 1. The summed E-state index contributed by atoms with van der Waals surface area (Å²) in [6.07, 6.45) is 0. The molecule has 0 saturated heterocycles. The van der Waals surface area contributed by atoms with Crippen LogP contribution in [0.3, 0.4) is 0 Å². The maximum Gasteiger partial charge on any atom is 0.315 e. The van der Waals surface area contributed by atoms with Crippen LogP contribution < -0.4 is 11.1 Å². The summed E-state index contributed by atoms with van der Waals surface area (Å²) in [5.41, 5.74) is 8.99. The van der Waals surface area contributed by atoms with Crippen LogP contribution in [0, 0.1) is 24.0 Å². The molecule has 0 heterocycles. The Kier molecular flexibility index (Phi) is 3.94. The number of nitrogen functional groups attached to an aromatic ring is 1. The third-order valence-electron chi connectivity index (χ3n) is 2.97. The molecule has 0 aliphatic carbocycles. The number of hydrogen-bond donors (Lipinski definition) is 2. The zero-order chi connectivity index (χ0) is 14.9. The van der Waals surface area contributed by atoms with Gasteiger partial charge in [-0.15, -0.1) is 0 Å². The van der Waals surface area contributed by atoms with E-state index in [2.05, 4.69) is 21.2 Å². The first-order valence-corrected chi connectivity index (χ1v) is 6.76. The number of para-hydroxylation sites is 1. The lowest BCUT2D eigenvalue weighted by Crippen LogP contribution is -2.01. The van der Waals surface area contributed by atoms with Crippen LogP contribution in [0.2, 0.25) is 0 Å². The van der Waals surface area contributed by atoms with Crippen molar-refractivity contribution in [3.8, 4) is 0 Å². The van der Waals surface area contributed by atoms with Crippen molar-refractivity contribution in [3.05, 3.63) is 56.0 Å². The average Bonchev–Trinajstić information content (AvgIpc) is 2.35. The van der Waals surface area contributed by atoms with E-state index in [9.17, 15) is 10.1 Å². The van der Waals surface area contributed by atoms with E-state index in [1.807, 2.05) is 26.0 Å². The molecule has 2 aromatic carbocycles. The molecule has 20 heavy (non-hydrogen) atoms. The van der Waals surface area contributed by atoms with E-state index in [4.69, 9.17) is 5.73 Å². The Hall–Kier alpha value is -2.08. The maximum absolute atomic E-state index is 11.1. The highest BCUT2D eigenvalue weighted by Crippen LogP contribution is 2.34. The number of nitro benzene ring substituents is 1. The second kappa shape index (κ2) is 5.50. The average molecular weight is 336 g/mol. The summed E-state index contributed by atoms with van der Waals surface area (Å²) < 4.78 is 1.03. The molecule has 2 aromatic rings. The van der Waals surface area contributed by atoms with Gasteiger partial charge in [0.25, 0.3) is 0 Å². The normalized spacial score (nSPS) is 10.3. The zero-order valence-electron chi connectivity index (χ0n) is 11.1. The number of aryl methyl sites for hydroxylation is 2. The molecule has 0 bridgehead atoms. The van der Waals surface area contributed by atoms with Gasteiger partial charge in [-0.25, -0.2) is 0 Å². The second-order valence-corrected chi connectivity index (χ2v) is 5.34. The minimum atomic E-state index is -0.476. The summed E-state index contributed by atoms with van der Waals surface area (Å²) >= 11 is 3.49. The van der Waals surface area contributed by atoms with Gasteiger partial charge in [0, 0.05) is 10.2 Å². The first-order chi connectivity index (χ1) is 9.40. The van der Waals surface area contributed by atoms with Crippen molar-refractivity contribution in [1.29, 1.82) is 0 Å². The van der Waals surface area contributed by atoms with Crippen LogP contribution in [0.1, 0.15) is 11.1 Å². The fourth-order valence-electron chi connectivity index (χ4n) is 2.04. The Morgan fingerprint density at radius 3 is 2.40 bits per heavy atom. The molecule has 0 aromatic heterocycles. The predicted molar refractivity (Wildman–Crippen MR) is 84.4 cm³/mol. The van der Waals surface area contributed by atoms with Gasteiger partial charge in [0.15, 0.2) is 0 Å². The number of nitrogens with two attached hydrogens (primary N) is 1. The van der Waals surface area contributed by atoms with E-state index in [1.54, 1.807) is 12.1 Å². The lowest BCUT2D eigenvalue weighted by Gasteiger charge is -2.11. The lowest BCUT2D eigenvalue weighted by atomic mass is 10.1. The number of nitro groups is 1. The summed E-state index contributed by atoms with van der Waals surface area (Å²) in [4.78, 5) is 10.6. The van der Waals surface area contributed by atoms with Gasteiger partial charge in [0.1, 0.15) is 11.4 Å². The molecule has 2 rings (SSSR count). The van der Waals surface area contributed by atoms with Gasteiger partial charge >= 0.3 is 5.69 Å². The Labute approximate surface area is 125 Å². The van der Waals surface area contributed by atoms with Crippen molar-refractivity contribution >= 4 is 38.7 Å². The predicted octanol–water partition coefficient (Wildman–Crippen LogP) is 4.30. The molecule has 0 aliphatic rings. The zero-order valence-corrected chi connectivity index (χ0v) is 12.7. The van der Waals surface area contributed by atoms with Gasteiger partial charge in [0.2, 0.25) is 0 Å². The molecular formula is C14H14BrN3O2. The highest BCUT2D eigenvalue weighted by atomic mass is 79.9. The van der Waals surface area contributed by atoms with Gasteiger partial charge in [-0.2, -0.15) is 0 Å². The summed E-state index contributed by atoms with van der Waals surface area (Å²) in [5, 5.41) is 14.2. The molecule has 0 amide bonds. The molecule has 0 saturated carbocycles. The molecule has 0 spiro atoms. The minimum Gasteiger partial charge on any atom is -0.393 e. The van der Waals surface area contributed by atoms with Gasteiger partial charge in [-0.3, -0.25) is 10.1 Å². The highest BCUT2D eigenvalue weighted by molar-refractivity contribution is 9.10. The van der Waals surface area contributed by atoms with Crippen molar-refractivity contribution in [2.45, 2.75) is 13.8 Å². The Bertz CT molecular complexity index is 663. The molecule has 0 aliphatic heterocycles. The number of rotatable bonds is 3. The van der Waals surface area contributed by atoms with Crippen LogP contribution >= 0.6 is 15.9 Å². The topological polar surface area (TPSA) is 81.2 Å². The molecule has 6 heteroatoms. The fourth-order valence-corrected chi connectivity index (χ4v) is 2.27. The van der Waals surface area contributed by atoms with Crippen LogP contribution in [0.15, 0.2) is 34.8 Å². The third kappa shape index (κ3) is 2.75. The molecule has 104 valence electrons. The number of nitrogens with one attached hydrogen (secondary N) is 1. The van der Waals surface area contributed by atoms with Crippen LogP contribution in [0.25, 0.3) is 0 Å². The van der Waals surface area contributed by atoms with E-state index >= 15 is 0 Å². The smallest absolute Gasteiger partial charge is 0.315 e. The number of benzene rings is 2. The quantitative estimate of drug-likeness (QED) is 0.497. The summed E-state index contributed by atoms with van der Waals surface area (Å²) in [5.74, 6) is 0. The largest absolute Gasteiger partial charge is 0.393 e. The van der Waals surface area contributed by atoms with Crippen molar-refractivity contribution in [1.82, 2.24) is 0 Å². The standard InChI is InChI=1S/C14H14BrN3O2/c1-8-6-10(7-9(2)13(8)15)17-12-5-3-4-11(16)14(12)18(19)20/h3-7,17H,16H2,1-2H3. The first kappa shape index (κ1) is 14.3.